The first-order valence-electron chi connectivity index (χ1n) is 5.32. The van der Waals surface area contributed by atoms with Crippen LogP contribution in [0, 0.1) is 5.82 Å². The van der Waals surface area contributed by atoms with E-state index in [4.69, 9.17) is 17.3 Å². The number of rotatable bonds is 5. The van der Waals surface area contributed by atoms with Crippen LogP contribution in [0.3, 0.4) is 0 Å². The first kappa shape index (κ1) is 13.8. The fraction of sp³-hybridized carbons (Fsp3) is 0.500. The van der Waals surface area contributed by atoms with Crippen LogP contribution in [0.4, 0.5) is 4.39 Å². The monoisotopic (exact) mass is 261 g/mol. The minimum Gasteiger partial charge on any atom is -0.328 e. The van der Waals surface area contributed by atoms with Gasteiger partial charge >= 0.3 is 0 Å². The van der Waals surface area contributed by atoms with E-state index in [1.54, 1.807) is 6.07 Å². The average molecular weight is 262 g/mol. The largest absolute Gasteiger partial charge is 0.328 e. The summed E-state index contributed by atoms with van der Waals surface area (Å²) in [6.07, 6.45) is 4.73. The van der Waals surface area contributed by atoms with Gasteiger partial charge in [0.1, 0.15) is 0 Å². The normalized spacial score (nSPS) is 12.8. The van der Waals surface area contributed by atoms with E-state index in [1.165, 1.54) is 11.8 Å². The van der Waals surface area contributed by atoms with E-state index in [2.05, 4.69) is 0 Å². The number of hydrogen-bond acceptors (Lipinski definition) is 2. The van der Waals surface area contributed by atoms with Crippen LogP contribution < -0.4 is 5.73 Å². The molecule has 1 atom stereocenters. The molecule has 0 bridgehead atoms. The second-order valence-corrected chi connectivity index (χ2v) is 5.22. The van der Waals surface area contributed by atoms with Crippen molar-refractivity contribution in [3.63, 3.8) is 0 Å². The molecule has 0 amide bonds. The summed E-state index contributed by atoms with van der Waals surface area (Å²) in [5.74, 6) is -0.315. The summed E-state index contributed by atoms with van der Waals surface area (Å²) in [7, 11) is 0. The summed E-state index contributed by atoms with van der Waals surface area (Å²) in [4.78, 5) is 0.614. The number of nitrogens with two attached hydrogens (primary N) is 1. The molecule has 1 nitrogen and oxygen atoms in total. The van der Waals surface area contributed by atoms with Crippen molar-refractivity contribution >= 4 is 23.4 Å². The lowest BCUT2D eigenvalue weighted by Crippen LogP contribution is -2.14. The Morgan fingerprint density at radius 3 is 2.75 bits per heavy atom. The number of thioether (sulfide) groups is 1. The summed E-state index contributed by atoms with van der Waals surface area (Å²) < 4.78 is 13.5. The Labute approximate surface area is 106 Å². The molecule has 1 rings (SSSR count). The molecule has 0 aliphatic carbocycles. The van der Waals surface area contributed by atoms with Gasteiger partial charge in [-0.15, -0.1) is 11.8 Å². The summed E-state index contributed by atoms with van der Waals surface area (Å²) in [6, 6.07) is 3.79. The summed E-state index contributed by atoms with van der Waals surface area (Å²) in [6.45, 7) is 1.99. The van der Waals surface area contributed by atoms with Crippen LogP contribution in [0.25, 0.3) is 0 Å². The Balaban J connectivity index is 2.70. The second kappa shape index (κ2) is 6.48. The van der Waals surface area contributed by atoms with Gasteiger partial charge in [-0.1, -0.05) is 11.6 Å². The van der Waals surface area contributed by atoms with Crippen molar-refractivity contribution in [3.05, 3.63) is 28.5 Å². The molecule has 1 aromatic carbocycles. The zero-order valence-corrected chi connectivity index (χ0v) is 11.2. The van der Waals surface area contributed by atoms with Gasteiger partial charge in [0, 0.05) is 10.9 Å². The molecule has 90 valence electrons. The van der Waals surface area contributed by atoms with E-state index in [0.717, 1.165) is 24.8 Å². The minimum atomic E-state index is -0.315. The Bertz CT molecular complexity index is 355. The van der Waals surface area contributed by atoms with Crippen LogP contribution in [0.5, 0.6) is 0 Å². The molecule has 0 saturated heterocycles. The van der Waals surface area contributed by atoms with Gasteiger partial charge in [-0.05, 0) is 50.1 Å². The summed E-state index contributed by atoms with van der Waals surface area (Å²) in [5.41, 5.74) is 6.76. The van der Waals surface area contributed by atoms with Gasteiger partial charge in [-0.3, -0.25) is 0 Å². The molecular weight excluding hydrogens is 245 g/mol. The van der Waals surface area contributed by atoms with E-state index in [0.29, 0.717) is 4.90 Å². The van der Waals surface area contributed by atoms with E-state index in [1.807, 2.05) is 19.2 Å². The number of hydrogen-bond donors (Lipinski definition) is 1. The van der Waals surface area contributed by atoms with Crippen LogP contribution in [0.2, 0.25) is 5.02 Å². The Morgan fingerprint density at radius 1 is 1.50 bits per heavy atom. The number of benzene rings is 1. The molecule has 0 radical (unpaired) electrons. The smallest absolute Gasteiger partial charge is 0.155 e. The van der Waals surface area contributed by atoms with Gasteiger partial charge in [0.15, 0.2) is 5.82 Å². The molecule has 1 aromatic rings. The van der Waals surface area contributed by atoms with Crippen LogP contribution in [0.15, 0.2) is 17.0 Å². The average Bonchev–Trinajstić information content (AvgIpc) is 2.22. The topological polar surface area (TPSA) is 26.0 Å². The van der Waals surface area contributed by atoms with Crippen molar-refractivity contribution < 1.29 is 4.39 Å². The summed E-state index contributed by atoms with van der Waals surface area (Å²) >= 11 is 7.21. The van der Waals surface area contributed by atoms with Gasteiger partial charge < -0.3 is 5.73 Å². The highest BCUT2D eigenvalue weighted by Crippen LogP contribution is 2.27. The van der Waals surface area contributed by atoms with Gasteiger partial charge in [0.2, 0.25) is 0 Å². The predicted octanol–water partition coefficient (Wildman–Crippen LogP) is 3.87. The van der Waals surface area contributed by atoms with Crippen LogP contribution >= 0.6 is 23.4 Å². The highest BCUT2D eigenvalue weighted by atomic mass is 35.5. The molecular formula is C12H17ClFNS. The molecule has 0 fully saturated rings. The maximum atomic E-state index is 13.5. The van der Waals surface area contributed by atoms with Crippen molar-refractivity contribution in [1.29, 1.82) is 0 Å². The third-order valence-corrected chi connectivity index (χ3v) is 3.41. The lowest BCUT2D eigenvalue weighted by molar-refractivity contribution is 0.597. The minimum absolute atomic E-state index is 0.211. The quantitative estimate of drug-likeness (QED) is 0.815. The van der Waals surface area contributed by atoms with Crippen molar-refractivity contribution in [1.82, 2.24) is 0 Å². The Morgan fingerprint density at radius 2 is 2.19 bits per heavy atom. The second-order valence-electron chi connectivity index (χ2n) is 3.96. The first-order chi connectivity index (χ1) is 7.54. The standard InChI is InChI=1S/C12H17ClFNS/c1-8(15)4-3-5-9-6-10(13)12(14)11(7-9)16-2/h6-8H,3-5,15H2,1-2H3. The summed E-state index contributed by atoms with van der Waals surface area (Å²) in [5, 5.41) is 0.211. The van der Waals surface area contributed by atoms with Crippen molar-refractivity contribution in [2.45, 2.75) is 37.1 Å². The molecule has 0 aliphatic heterocycles. The third kappa shape index (κ3) is 3.96. The lowest BCUT2D eigenvalue weighted by Gasteiger charge is -2.08. The molecule has 16 heavy (non-hydrogen) atoms. The fourth-order valence-electron chi connectivity index (χ4n) is 1.54. The molecule has 0 saturated carbocycles. The van der Waals surface area contributed by atoms with Crippen molar-refractivity contribution in [3.8, 4) is 0 Å². The molecule has 4 heteroatoms. The Hall–Kier alpha value is -0.250. The van der Waals surface area contributed by atoms with Gasteiger partial charge in [0.25, 0.3) is 0 Å². The SMILES string of the molecule is CSc1cc(CCCC(C)N)cc(Cl)c1F. The molecule has 2 N–H and O–H groups in total. The molecule has 1 unspecified atom stereocenters. The Kier molecular flexibility index (Phi) is 5.59. The molecule has 0 aromatic heterocycles. The number of aryl methyl sites for hydroxylation is 1. The lowest BCUT2D eigenvalue weighted by atomic mass is 10.1. The molecule has 0 aliphatic rings. The predicted molar refractivity (Wildman–Crippen MR) is 69.8 cm³/mol. The molecule has 0 heterocycles. The van der Waals surface area contributed by atoms with E-state index >= 15 is 0 Å². The first-order valence-corrected chi connectivity index (χ1v) is 6.92. The van der Waals surface area contributed by atoms with Gasteiger partial charge in [0.05, 0.1) is 5.02 Å². The van der Waals surface area contributed by atoms with E-state index in [9.17, 15) is 4.39 Å². The van der Waals surface area contributed by atoms with Crippen molar-refractivity contribution in [2.24, 2.45) is 5.73 Å². The van der Waals surface area contributed by atoms with Crippen molar-refractivity contribution in [2.75, 3.05) is 6.26 Å². The zero-order chi connectivity index (χ0) is 12.1. The van der Waals surface area contributed by atoms with E-state index in [-0.39, 0.29) is 16.9 Å². The van der Waals surface area contributed by atoms with E-state index < -0.39 is 0 Å². The zero-order valence-electron chi connectivity index (χ0n) is 9.59. The fourth-order valence-corrected chi connectivity index (χ4v) is 2.39. The maximum absolute atomic E-state index is 13.5. The third-order valence-electron chi connectivity index (χ3n) is 2.40. The number of halogens is 2. The van der Waals surface area contributed by atoms with Gasteiger partial charge in [-0.25, -0.2) is 4.39 Å². The highest BCUT2D eigenvalue weighted by molar-refractivity contribution is 7.98. The van der Waals surface area contributed by atoms with Crippen LogP contribution in [-0.2, 0) is 6.42 Å². The highest BCUT2D eigenvalue weighted by Gasteiger charge is 2.08. The van der Waals surface area contributed by atoms with Crippen LogP contribution in [-0.4, -0.2) is 12.3 Å². The van der Waals surface area contributed by atoms with Gasteiger partial charge in [-0.2, -0.15) is 0 Å². The van der Waals surface area contributed by atoms with Crippen LogP contribution in [0.1, 0.15) is 25.3 Å². The molecule has 0 spiro atoms. The maximum Gasteiger partial charge on any atom is 0.155 e.